The smallest absolute Gasteiger partial charge is 0.199 e. The second kappa shape index (κ2) is 8.49. The highest BCUT2D eigenvalue weighted by atomic mass is 16.3. The van der Waals surface area contributed by atoms with Gasteiger partial charge in [-0.25, -0.2) is 9.97 Å². The van der Waals surface area contributed by atoms with Crippen molar-refractivity contribution in [1.82, 2.24) is 19.9 Å². The molecular formula is C33H30N4O3. The Morgan fingerprint density at radius 3 is 2.52 bits per heavy atom. The zero-order valence-electron chi connectivity index (χ0n) is 23.0. The highest BCUT2D eigenvalue weighted by molar-refractivity contribution is 6.39. The number of nitrogens with one attached hydrogen (secondary N) is 2. The lowest BCUT2D eigenvalue weighted by Gasteiger charge is -2.15. The number of aromatic nitrogens is 4. The number of aromatic amines is 2. The number of fused-ring (bicyclic) bond motifs is 6. The monoisotopic (exact) mass is 530 g/mol. The van der Waals surface area contributed by atoms with Crippen LogP contribution in [0.25, 0.3) is 38.9 Å². The molecule has 0 spiro atoms. The third-order valence-corrected chi connectivity index (χ3v) is 9.22. The topological polar surface area (TPSA) is 112 Å². The van der Waals surface area contributed by atoms with Crippen LogP contribution in [0, 0.1) is 6.92 Å². The Bertz CT molecular complexity index is 1890. The fourth-order valence-corrected chi connectivity index (χ4v) is 7.00. The molecule has 0 aromatic carbocycles. The van der Waals surface area contributed by atoms with Crippen LogP contribution in [0.5, 0.6) is 0 Å². The number of aldehydes is 1. The average Bonchev–Trinajstić information content (AvgIpc) is 3.65. The summed E-state index contributed by atoms with van der Waals surface area (Å²) in [6.45, 7) is 12.2. The lowest BCUT2D eigenvalue weighted by atomic mass is 9.87. The van der Waals surface area contributed by atoms with E-state index in [0.717, 1.165) is 74.4 Å². The number of allylic oxidation sites excluding steroid dienone is 7. The van der Waals surface area contributed by atoms with E-state index in [0.29, 0.717) is 40.9 Å². The zero-order chi connectivity index (χ0) is 28.0. The Hall–Kier alpha value is -4.52. The van der Waals surface area contributed by atoms with Crippen molar-refractivity contribution in [2.24, 2.45) is 0 Å². The number of hydrogen-bond acceptors (Lipinski definition) is 5. The Labute approximate surface area is 231 Å². The Morgan fingerprint density at radius 1 is 1.05 bits per heavy atom. The zero-order valence-corrected chi connectivity index (χ0v) is 23.0. The number of ketones is 1. The number of carbonyl (C=O) groups is 2. The molecule has 7 rings (SSSR count). The van der Waals surface area contributed by atoms with Gasteiger partial charge in [0.1, 0.15) is 5.76 Å². The van der Waals surface area contributed by atoms with Crippen LogP contribution < -0.4 is 0 Å². The molecule has 0 amide bonds. The van der Waals surface area contributed by atoms with Crippen molar-refractivity contribution >= 4 is 51.0 Å². The molecule has 40 heavy (non-hydrogen) atoms. The molecule has 0 saturated heterocycles. The summed E-state index contributed by atoms with van der Waals surface area (Å²) in [5.74, 6) is 0.253. The van der Waals surface area contributed by atoms with Crippen molar-refractivity contribution in [3.8, 4) is 0 Å². The van der Waals surface area contributed by atoms with Gasteiger partial charge < -0.3 is 15.1 Å². The largest absolute Gasteiger partial charge is 0.512 e. The van der Waals surface area contributed by atoms with Crippen LogP contribution >= 0.6 is 0 Å². The lowest BCUT2D eigenvalue weighted by molar-refractivity contribution is -0.103. The van der Waals surface area contributed by atoms with Gasteiger partial charge in [0.25, 0.3) is 0 Å². The van der Waals surface area contributed by atoms with E-state index in [-0.39, 0.29) is 23.4 Å². The van der Waals surface area contributed by atoms with Gasteiger partial charge in [-0.15, -0.1) is 0 Å². The van der Waals surface area contributed by atoms with Crippen molar-refractivity contribution in [2.75, 3.05) is 0 Å². The molecule has 0 radical (unpaired) electrons. The first-order valence-corrected chi connectivity index (χ1v) is 13.8. The van der Waals surface area contributed by atoms with E-state index < -0.39 is 0 Å². The molecule has 0 unspecified atom stereocenters. The van der Waals surface area contributed by atoms with Gasteiger partial charge in [-0.1, -0.05) is 26.5 Å². The molecule has 0 fully saturated rings. The highest BCUT2D eigenvalue weighted by Crippen LogP contribution is 2.50. The minimum atomic E-state index is -0.153. The Morgan fingerprint density at radius 2 is 1.80 bits per heavy atom. The first kappa shape index (κ1) is 24.5. The van der Waals surface area contributed by atoms with Gasteiger partial charge >= 0.3 is 0 Å². The van der Waals surface area contributed by atoms with Crippen LogP contribution in [0.15, 0.2) is 36.6 Å². The second-order valence-electron chi connectivity index (χ2n) is 11.2. The maximum atomic E-state index is 13.8. The van der Waals surface area contributed by atoms with E-state index in [2.05, 4.69) is 29.5 Å². The number of aliphatic hydroxyl groups excluding tert-OH is 1. The van der Waals surface area contributed by atoms with Gasteiger partial charge in [0.05, 0.1) is 39.4 Å². The Balaban J connectivity index is 1.70. The number of H-pyrrole nitrogens is 2. The van der Waals surface area contributed by atoms with Crippen LogP contribution in [-0.4, -0.2) is 37.1 Å². The van der Waals surface area contributed by atoms with E-state index in [1.54, 1.807) is 6.08 Å². The predicted octanol–water partition coefficient (Wildman–Crippen LogP) is 7.13. The highest BCUT2D eigenvalue weighted by Gasteiger charge is 2.41. The van der Waals surface area contributed by atoms with Gasteiger partial charge in [0, 0.05) is 51.9 Å². The van der Waals surface area contributed by atoms with Crippen molar-refractivity contribution in [1.29, 1.82) is 0 Å². The number of nitrogens with zero attached hydrogens (tertiary/aromatic N) is 2. The first-order valence-electron chi connectivity index (χ1n) is 13.8. The molecule has 3 N–H and O–H groups in total. The molecule has 2 aromatic heterocycles. The minimum Gasteiger partial charge on any atom is -0.512 e. The molecular weight excluding hydrogens is 500 g/mol. The van der Waals surface area contributed by atoms with E-state index in [9.17, 15) is 14.7 Å². The summed E-state index contributed by atoms with van der Waals surface area (Å²) in [4.78, 5) is 43.2. The van der Waals surface area contributed by atoms with Crippen LogP contribution in [0.1, 0.15) is 108 Å². The minimum absolute atomic E-state index is 0.118. The molecule has 7 nitrogen and oxygen atoms in total. The number of rotatable bonds is 3. The number of aliphatic hydroxyl groups is 1. The predicted molar refractivity (Wildman–Crippen MR) is 157 cm³/mol. The van der Waals surface area contributed by atoms with Gasteiger partial charge in [-0.2, -0.15) is 0 Å². The fourth-order valence-electron chi connectivity index (χ4n) is 7.00. The Kier molecular flexibility index (Phi) is 5.20. The normalized spacial score (nSPS) is 20.4. The van der Waals surface area contributed by atoms with Crippen LogP contribution in [-0.2, 0) is 4.79 Å². The summed E-state index contributed by atoms with van der Waals surface area (Å²) in [6.07, 6.45) is 4.47. The average molecular weight is 531 g/mol. The van der Waals surface area contributed by atoms with E-state index in [1.165, 1.54) is 0 Å². The molecule has 2 aromatic rings. The van der Waals surface area contributed by atoms with Crippen molar-refractivity contribution in [3.05, 3.63) is 87.5 Å². The maximum Gasteiger partial charge on any atom is 0.199 e. The maximum absolute atomic E-state index is 13.8. The summed E-state index contributed by atoms with van der Waals surface area (Å²) in [7, 11) is 0. The summed E-state index contributed by atoms with van der Waals surface area (Å²) in [6, 6.07) is 5.89. The number of carbonyl (C=O) groups excluding carboxylic acids is 2. The number of hydrogen-bond donors (Lipinski definition) is 3. The molecule has 7 heteroatoms. The third-order valence-electron chi connectivity index (χ3n) is 9.22. The van der Waals surface area contributed by atoms with E-state index in [1.807, 2.05) is 32.9 Å². The van der Waals surface area contributed by atoms with Gasteiger partial charge in [0.2, 0.25) is 0 Å². The summed E-state index contributed by atoms with van der Waals surface area (Å²) >= 11 is 0. The first-order chi connectivity index (χ1) is 19.3. The van der Waals surface area contributed by atoms with E-state index in [4.69, 9.17) is 9.97 Å². The molecule has 200 valence electrons. The molecule has 0 saturated carbocycles. The summed E-state index contributed by atoms with van der Waals surface area (Å²) in [5.41, 5.74) is 12.2. The standard InChI is InChI=1S/C33H30N4O3/c1-6-17-14(3)21-10-22-15(4)19-8-9-27(39)29-30(31(19)36-22)32-28(33(29)40)16(5)23(37-32)11-25-18(7-2)20(13-38)26(35-25)12-24(17)34-21/h6,10-13,15,19,36-37,39H,1,7-9H2,2-5H3/t15-,19-/m0/s1. The fraction of sp³-hybridized carbons (Fsp3) is 0.273. The molecule has 5 aliphatic rings. The molecule has 8 bridgehead atoms. The van der Waals surface area contributed by atoms with Crippen molar-refractivity contribution in [2.45, 2.75) is 58.8 Å². The second-order valence-corrected chi connectivity index (χ2v) is 11.2. The van der Waals surface area contributed by atoms with Crippen molar-refractivity contribution in [3.63, 3.8) is 0 Å². The molecule has 2 aliphatic carbocycles. The van der Waals surface area contributed by atoms with Gasteiger partial charge in [0.15, 0.2) is 12.1 Å². The van der Waals surface area contributed by atoms with Crippen LogP contribution in [0.2, 0.25) is 0 Å². The SMILES string of the molecule is C=CC1=C(C)c2cc3[nH]c4c5c6[nH]c(cc7nc(cc1n2)C(C=O)=C7CC)c(C)c6C(=O)C5=C(O)CC[C@H]4[C@@H]3C. The quantitative estimate of drug-likeness (QED) is 0.366. The van der Waals surface area contributed by atoms with E-state index >= 15 is 0 Å². The van der Waals surface area contributed by atoms with Gasteiger partial charge in [-0.3, -0.25) is 9.59 Å². The van der Waals surface area contributed by atoms with Crippen LogP contribution in [0.4, 0.5) is 0 Å². The number of aryl methyl sites for hydroxylation is 1. The molecule has 2 atom stereocenters. The molecule has 5 heterocycles. The molecule has 3 aliphatic heterocycles. The number of Topliss-reactive ketones (excluding diaryl/α,β-unsaturated/α-hetero) is 1. The van der Waals surface area contributed by atoms with Gasteiger partial charge in [-0.05, 0) is 61.6 Å². The third kappa shape index (κ3) is 3.12. The summed E-state index contributed by atoms with van der Waals surface area (Å²) in [5, 5.41) is 11.1. The summed E-state index contributed by atoms with van der Waals surface area (Å²) < 4.78 is 0. The van der Waals surface area contributed by atoms with Crippen molar-refractivity contribution < 1.29 is 14.7 Å². The van der Waals surface area contributed by atoms with Crippen LogP contribution in [0.3, 0.4) is 0 Å². The lowest BCUT2D eigenvalue weighted by Crippen LogP contribution is -2.02.